The molecule has 0 radical (unpaired) electrons. The molecule has 2 atom stereocenters. The minimum atomic E-state index is -0.705. The number of pyridine rings is 2. The van der Waals surface area contributed by atoms with Gasteiger partial charge in [-0.2, -0.15) is 0 Å². The first-order chi connectivity index (χ1) is 14.5. The van der Waals surface area contributed by atoms with Crippen molar-refractivity contribution in [1.82, 2.24) is 19.9 Å². The molecule has 30 heavy (non-hydrogen) atoms. The van der Waals surface area contributed by atoms with Crippen LogP contribution < -0.4 is 16.4 Å². The lowest BCUT2D eigenvalue weighted by molar-refractivity contribution is -0.0597. The van der Waals surface area contributed by atoms with E-state index < -0.39 is 6.09 Å². The zero-order chi connectivity index (χ0) is 20.8. The first-order valence-corrected chi connectivity index (χ1v) is 10.6. The summed E-state index contributed by atoms with van der Waals surface area (Å²) < 4.78 is 5.23. The summed E-state index contributed by atoms with van der Waals surface area (Å²) in [4.78, 5) is 31.8. The van der Waals surface area contributed by atoms with Crippen LogP contribution in [-0.4, -0.2) is 45.2 Å². The molecule has 5 heterocycles. The van der Waals surface area contributed by atoms with Crippen LogP contribution in [0.1, 0.15) is 6.42 Å². The number of halogens is 1. The number of nitrogen functional groups attached to an aromatic ring is 1. The molecule has 2 bridgehead atoms. The SMILES string of the molecule is NC(=O)OC1C2CC1CN(c1cnc3nc(Sc4ccnc(N)c4Cl)ccc3n1)C2. The standard InChI is InChI=1S/C19H18ClN7O2S/c20-15-12(3-4-23-17(15)21)30-14-2-1-11-18(26-14)24-6-13(25-11)27-7-9-5-10(8-27)16(9)29-19(22)28/h1-4,6,9-10,16H,5,7-8H2,(H2,21,23)(H2,22,28). The van der Waals surface area contributed by atoms with Gasteiger partial charge in [0.05, 0.1) is 11.2 Å². The van der Waals surface area contributed by atoms with Gasteiger partial charge in [0.25, 0.3) is 0 Å². The van der Waals surface area contributed by atoms with Gasteiger partial charge in [-0.1, -0.05) is 23.4 Å². The van der Waals surface area contributed by atoms with Crippen molar-refractivity contribution in [2.45, 2.75) is 22.4 Å². The van der Waals surface area contributed by atoms with Crippen molar-refractivity contribution in [3.8, 4) is 0 Å². The zero-order valence-corrected chi connectivity index (χ0v) is 17.3. The number of piperidine rings is 2. The van der Waals surface area contributed by atoms with Crippen LogP contribution in [0.5, 0.6) is 0 Å². The minimum Gasteiger partial charge on any atom is -0.446 e. The summed E-state index contributed by atoms with van der Waals surface area (Å²) in [6, 6.07) is 5.56. The van der Waals surface area contributed by atoms with Crippen LogP contribution in [0.2, 0.25) is 5.02 Å². The lowest BCUT2D eigenvalue weighted by Gasteiger charge is -2.52. The van der Waals surface area contributed by atoms with Crippen LogP contribution in [0, 0.1) is 11.8 Å². The second-order valence-corrected chi connectivity index (χ2v) is 8.83. The highest BCUT2D eigenvalue weighted by atomic mass is 35.5. The fourth-order valence-electron chi connectivity index (χ4n) is 4.08. The van der Waals surface area contributed by atoms with Crippen molar-refractivity contribution in [3.05, 3.63) is 35.6 Å². The molecule has 1 amide bonds. The topological polar surface area (TPSA) is 133 Å². The fourth-order valence-corrected chi connectivity index (χ4v) is 5.12. The molecule has 0 aromatic carbocycles. The Labute approximate surface area is 181 Å². The second kappa shape index (κ2) is 7.44. The number of carbonyl (C=O) groups is 1. The Hall–Kier alpha value is -2.85. The number of nitrogens with zero attached hydrogens (tertiary/aromatic N) is 5. The molecule has 3 aliphatic rings. The van der Waals surface area contributed by atoms with Crippen LogP contribution in [0.4, 0.5) is 16.4 Å². The summed E-state index contributed by atoms with van der Waals surface area (Å²) in [5, 5.41) is 1.15. The largest absolute Gasteiger partial charge is 0.446 e. The van der Waals surface area contributed by atoms with Crippen LogP contribution in [-0.2, 0) is 4.74 Å². The molecular formula is C19H18ClN7O2S. The van der Waals surface area contributed by atoms with E-state index in [1.807, 2.05) is 12.1 Å². The van der Waals surface area contributed by atoms with Gasteiger partial charge in [0.15, 0.2) is 5.65 Å². The number of carbonyl (C=O) groups excluding carboxylic acids is 1. The Kier molecular flexibility index (Phi) is 4.75. The van der Waals surface area contributed by atoms with E-state index in [-0.39, 0.29) is 23.8 Å². The molecule has 3 aromatic heterocycles. The van der Waals surface area contributed by atoms with Gasteiger partial charge in [-0.3, -0.25) is 0 Å². The Morgan fingerprint density at radius 1 is 1.20 bits per heavy atom. The van der Waals surface area contributed by atoms with Gasteiger partial charge in [0.2, 0.25) is 0 Å². The normalized spacial score (nSPS) is 22.6. The van der Waals surface area contributed by atoms with Crippen LogP contribution >= 0.6 is 23.4 Å². The zero-order valence-electron chi connectivity index (χ0n) is 15.7. The molecule has 4 N–H and O–H groups in total. The predicted molar refractivity (Wildman–Crippen MR) is 113 cm³/mol. The summed E-state index contributed by atoms with van der Waals surface area (Å²) in [6.07, 6.45) is 3.60. The smallest absolute Gasteiger partial charge is 0.404 e. The van der Waals surface area contributed by atoms with E-state index in [0.717, 1.165) is 35.2 Å². The summed E-state index contributed by atoms with van der Waals surface area (Å²) in [6.45, 7) is 1.52. The molecule has 2 aliphatic heterocycles. The third kappa shape index (κ3) is 3.46. The quantitative estimate of drug-likeness (QED) is 0.624. The maximum atomic E-state index is 11.0. The Morgan fingerprint density at radius 2 is 2.00 bits per heavy atom. The number of anilines is 2. The van der Waals surface area contributed by atoms with Crippen molar-refractivity contribution in [3.63, 3.8) is 0 Å². The highest BCUT2D eigenvalue weighted by Gasteiger charge is 2.49. The maximum absolute atomic E-state index is 11.0. The number of aromatic nitrogens is 4. The van der Waals surface area contributed by atoms with Gasteiger partial charge in [-0.25, -0.2) is 24.7 Å². The predicted octanol–water partition coefficient (Wildman–Crippen LogP) is 2.73. The molecule has 3 fully saturated rings. The third-order valence-corrected chi connectivity index (χ3v) is 6.99. The molecule has 2 unspecified atom stereocenters. The third-order valence-electron chi connectivity index (χ3n) is 5.48. The van der Waals surface area contributed by atoms with Crippen LogP contribution in [0.3, 0.4) is 0 Å². The van der Waals surface area contributed by atoms with Crippen LogP contribution in [0.25, 0.3) is 11.2 Å². The number of fused-ring (bicyclic) bond motifs is 3. The molecule has 6 rings (SSSR count). The Morgan fingerprint density at radius 3 is 2.77 bits per heavy atom. The number of amides is 1. The van der Waals surface area contributed by atoms with Gasteiger partial charge in [-0.05, 0) is 24.6 Å². The number of rotatable bonds is 4. The van der Waals surface area contributed by atoms with Gasteiger partial charge >= 0.3 is 6.09 Å². The number of hydrogen-bond acceptors (Lipinski definition) is 9. The summed E-state index contributed by atoms with van der Waals surface area (Å²) >= 11 is 7.61. The summed E-state index contributed by atoms with van der Waals surface area (Å²) in [7, 11) is 0. The van der Waals surface area contributed by atoms with Crippen LogP contribution in [0.15, 0.2) is 40.5 Å². The molecule has 3 aromatic rings. The van der Waals surface area contributed by atoms with E-state index in [1.54, 1.807) is 18.5 Å². The van der Waals surface area contributed by atoms with Gasteiger partial charge in [0, 0.05) is 36.0 Å². The van der Waals surface area contributed by atoms with E-state index >= 15 is 0 Å². The van der Waals surface area contributed by atoms with E-state index in [0.29, 0.717) is 16.2 Å². The van der Waals surface area contributed by atoms with E-state index in [2.05, 4.69) is 19.9 Å². The van der Waals surface area contributed by atoms with Gasteiger partial charge in [0.1, 0.15) is 28.3 Å². The Bertz CT molecular complexity index is 1140. The molecule has 9 nitrogen and oxygen atoms in total. The average molecular weight is 444 g/mol. The number of nitrogens with two attached hydrogens (primary N) is 2. The fraction of sp³-hybridized carbons (Fsp3) is 0.316. The molecule has 11 heteroatoms. The maximum Gasteiger partial charge on any atom is 0.404 e. The van der Waals surface area contributed by atoms with E-state index in [9.17, 15) is 4.79 Å². The second-order valence-electron chi connectivity index (χ2n) is 7.39. The molecule has 1 saturated carbocycles. The van der Waals surface area contributed by atoms with Crippen molar-refractivity contribution < 1.29 is 9.53 Å². The summed E-state index contributed by atoms with van der Waals surface area (Å²) in [5.41, 5.74) is 12.2. The highest BCUT2D eigenvalue weighted by Crippen LogP contribution is 2.43. The van der Waals surface area contributed by atoms with E-state index in [1.165, 1.54) is 11.8 Å². The first kappa shape index (κ1) is 19.1. The molecule has 2 saturated heterocycles. The Balaban J connectivity index is 1.33. The minimum absolute atomic E-state index is 0.0811. The van der Waals surface area contributed by atoms with Crippen molar-refractivity contribution >= 4 is 52.3 Å². The summed E-state index contributed by atoms with van der Waals surface area (Å²) in [5.74, 6) is 1.64. The van der Waals surface area contributed by atoms with Crippen molar-refractivity contribution in [1.29, 1.82) is 0 Å². The molecule has 154 valence electrons. The number of ether oxygens (including phenoxy) is 1. The van der Waals surface area contributed by atoms with Gasteiger partial charge in [-0.15, -0.1) is 0 Å². The molecule has 0 spiro atoms. The van der Waals surface area contributed by atoms with Crippen molar-refractivity contribution in [2.24, 2.45) is 17.6 Å². The first-order valence-electron chi connectivity index (χ1n) is 9.40. The number of hydrogen-bond donors (Lipinski definition) is 2. The highest BCUT2D eigenvalue weighted by molar-refractivity contribution is 7.99. The van der Waals surface area contributed by atoms with Crippen molar-refractivity contribution in [2.75, 3.05) is 23.7 Å². The lowest BCUT2D eigenvalue weighted by Crippen LogP contribution is -2.60. The monoisotopic (exact) mass is 443 g/mol. The molecular weight excluding hydrogens is 426 g/mol. The van der Waals surface area contributed by atoms with E-state index in [4.69, 9.17) is 32.8 Å². The van der Waals surface area contributed by atoms with Gasteiger partial charge < -0.3 is 21.1 Å². The lowest BCUT2D eigenvalue weighted by atomic mass is 9.68. The number of primary amides is 1. The molecule has 1 aliphatic carbocycles. The average Bonchev–Trinajstić information content (AvgIpc) is 2.75.